The van der Waals surface area contributed by atoms with Crippen molar-refractivity contribution in [2.24, 2.45) is 0 Å². The predicted octanol–water partition coefficient (Wildman–Crippen LogP) is 2.08. The molecule has 4 heterocycles. The molecule has 0 aromatic carbocycles. The largest absolute Gasteiger partial charge is 0.433 e. The van der Waals surface area contributed by atoms with Gasteiger partial charge in [-0.15, -0.1) is 0 Å². The molecule has 156 valence electrons. The van der Waals surface area contributed by atoms with Crippen LogP contribution in [0.2, 0.25) is 0 Å². The summed E-state index contributed by atoms with van der Waals surface area (Å²) in [6, 6.07) is 2.31. The van der Waals surface area contributed by atoms with E-state index in [1.165, 1.54) is 17.3 Å². The van der Waals surface area contributed by atoms with Crippen molar-refractivity contribution in [3.05, 3.63) is 57.2 Å². The number of hydrogen-bond acceptors (Lipinski definition) is 5. The highest BCUT2D eigenvalue weighted by Gasteiger charge is 2.44. The molecular formula is C19H17F3N6O2. The first-order valence-electron chi connectivity index (χ1n) is 9.49. The quantitative estimate of drug-likeness (QED) is 0.688. The summed E-state index contributed by atoms with van der Waals surface area (Å²) in [5, 5.41) is 3.93. The Morgan fingerprint density at radius 3 is 2.73 bits per heavy atom. The highest BCUT2D eigenvalue weighted by molar-refractivity contribution is 5.93. The molecule has 1 N–H and O–H groups in total. The van der Waals surface area contributed by atoms with Gasteiger partial charge < -0.3 is 9.88 Å². The average molecular weight is 418 g/mol. The van der Waals surface area contributed by atoms with Gasteiger partial charge in [0.05, 0.1) is 24.3 Å². The maximum absolute atomic E-state index is 13.6. The van der Waals surface area contributed by atoms with Crippen LogP contribution in [0.15, 0.2) is 23.3 Å². The SMILES string of the molecule is CC1(c2cc(C(F)(F)F)n3nc(C(=O)N4CCc5c(nc[nH]c5=O)C4)cc3n2)CC1. The Balaban J connectivity index is 1.53. The number of nitrogens with zero attached hydrogens (tertiary/aromatic N) is 5. The summed E-state index contributed by atoms with van der Waals surface area (Å²) in [6.07, 6.45) is -1.52. The van der Waals surface area contributed by atoms with Crippen molar-refractivity contribution in [1.82, 2.24) is 29.5 Å². The number of alkyl halides is 3. The molecule has 1 fully saturated rings. The summed E-state index contributed by atoms with van der Waals surface area (Å²) in [6.45, 7) is 2.21. The van der Waals surface area contributed by atoms with Crippen molar-refractivity contribution in [3.8, 4) is 0 Å². The topological polar surface area (TPSA) is 96.3 Å². The summed E-state index contributed by atoms with van der Waals surface area (Å²) in [4.78, 5) is 37.2. The van der Waals surface area contributed by atoms with E-state index in [2.05, 4.69) is 20.1 Å². The molecule has 3 aromatic heterocycles. The van der Waals surface area contributed by atoms with Crippen LogP contribution in [0.4, 0.5) is 13.2 Å². The van der Waals surface area contributed by atoms with Crippen molar-refractivity contribution < 1.29 is 18.0 Å². The molecule has 1 saturated carbocycles. The summed E-state index contributed by atoms with van der Waals surface area (Å²) < 4.78 is 41.6. The molecule has 0 atom stereocenters. The third-order valence-electron chi connectivity index (χ3n) is 5.85. The minimum Gasteiger partial charge on any atom is -0.331 e. The van der Waals surface area contributed by atoms with Gasteiger partial charge in [-0.05, 0) is 25.3 Å². The molecule has 0 unspecified atom stereocenters. The van der Waals surface area contributed by atoms with Crippen molar-refractivity contribution in [1.29, 1.82) is 0 Å². The van der Waals surface area contributed by atoms with Gasteiger partial charge in [0.15, 0.2) is 11.3 Å². The zero-order chi connectivity index (χ0) is 21.3. The summed E-state index contributed by atoms with van der Waals surface area (Å²) in [5.41, 5.74) is -0.364. The fraction of sp³-hybridized carbons (Fsp3) is 0.421. The lowest BCUT2D eigenvalue weighted by molar-refractivity contribution is -0.142. The van der Waals surface area contributed by atoms with Crippen LogP contribution < -0.4 is 5.56 Å². The van der Waals surface area contributed by atoms with Gasteiger partial charge in [-0.25, -0.2) is 14.5 Å². The zero-order valence-corrected chi connectivity index (χ0v) is 16.0. The van der Waals surface area contributed by atoms with Crippen LogP contribution in [0.3, 0.4) is 0 Å². The van der Waals surface area contributed by atoms with Gasteiger partial charge in [0.2, 0.25) is 0 Å². The number of halogens is 3. The Hall–Kier alpha value is -3.24. The predicted molar refractivity (Wildman–Crippen MR) is 97.9 cm³/mol. The maximum Gasteiger partial charge on any atom is 0.433 e. The number of nitrogens with one attached hydrogen (secondary N) is 1. The molecule has 8 nitrogen and oxygen atoms in total. The van der Waals surface area contributed by atoms with Gasteiger partial charge >= 0.3 is 6.18 Å². The zero-order valence-electron chi connectivity index (χ0n) is 16.0. The second kappa shape index (κ2) is 6.13. The molecule has 1 amide bonds. The summed E-state index contributed by atoms with van der Waals surface area (Å²) in [7, 11) is 0. The molecule has 0 bridgehead atoms. The van der Waals surface area contributed by atoms with Crippen molar-refractivity contribution in [2.45, 2.75) is 44.3 Å². The van der Waals surface area contributed by atoms with E-state index in [-0.39, 0.29) is 35.4 Å². The van der Waals surface area contributed by atoms with Crippen molar-refractivity contribution in [3.63, 3.8) is 0 Å². The fourth-order valence-electron chi connectivity index (χ4n) is 3.73. The van der Waals surface area contributed by atoms with Crippen molar-refractivity contribution >= 4 is 11.6 Å². The maximum atomic E-state index is 13.6. The second-order valence-electron chi connectivity index (χ2n) is 8.02. The molecule has 1 aliphatic heterocycles. The smallest absolute Gasteiger partial charge is 0.331 e. The number of rotatable bonds is 2. The lowest BCUT2D eigenvalue weighted by Gasteiger charge is -2.26. The Labute approximate surface area is 167 Å². The number of fused-ring (bicyclic) bond motifs is 2. The molecule has 0 radical (unpaired) electrons. The molecule has 0 saturated heterocycles. The van der Waals surface area contributed by atoms with Crippen LogP contribution in [0.5, 0.6) is 0 Å². The lowest BCUT2D eigenvalue weighted by Crippen LogP contribution is -2.39. The van der Waals surface area contributed by atoms with Crippen LogP contribution in [-0.4, -0.2) is 41.9 Å². The van der Waals surface area contributed by atoms with Gasteiger partial charge in [-0.3, -0.25) is 9.59 Å². The normalized spacial score (nSPS) is 17.8. The first-order valence-corrected chi connectivity index (χ1v) is 9.49. The molecule has 2 aliphatic rings. The Kier molecular flexibility index (Phi) is 3.83. The summed E-state index contributed by atoms with van der Waals surface area (Å²) in [5.74, 6) is -0.527. The first-order chi connectivity index (χ1) is 14.2. The standard InChI is InChI=1S/C19H17F3N6O2/c1-18(3-4-18)13-7-14(19(20,21)22)28-15(25-13)6-11(26-28)17(30)27-5-2-10-12(8-27)23-9-24-16(10)29/h6-7,9H,2-5,8H2,1H3,(H,23,24,29). The Morgan fingerprint density at radius 2 is 2.03 bits per heavy atom. The van der Waals surface area contributed by atoms with Crippen LogP contribution in [0.25, 0.3) is 5.65 Å². The molecule has 3 aromatic rings. The van der Waals surface area contributed by atoms with Gasteiger partial charge in [-0.2, -0.15) is 18.3 Å². The Morgan fingerprint density at radius 1 is 1.27 bits per heavy atom. The Bertz CT molecular complexity index is 1240. The monoisotopic (exact) mass is 418 g/mol. The highest BCUT2D eigenvalue weighted by atomic mass is 19.4. The van der Waals surface area contributed by atoms with E-state index in [1.807, 2.05) is 6.92 Å². The summed E-state index contributed by atoms with van der Waals surface area (Å²) >= 11 is 0. The van der Waals surface area contributed by atoms with Crippen LogP contribution in [0, 0.1) is 0 Å². The number of aromatic amines is 1. The lowest BCUT2D eigenvalue weighted by atomic mass is 10.0. The van der Waals surface area contributed by atoms with E-state index < -0.39 is 17.8 Å². The van der Waals surface area contributed by atoms with E-state index in [0.29, 0.717) is 27.9 Å². The number of H-pyrrole nitrogens is 1. The van der Waals surface area contributed by atoms with E-state index in [0.717, 1.165) is 18.9 Å². The van der Waals surface area contributed by atoms with Gasteiger partial charge in [0.25, 0.3) is 11.5 Å². The molecule has 30 heavy (non-hydrogen) atoms. The fourth-order valence-corrected chi connectivity index (χ4v) is 3.73. The van der Waals surface area contributed by atoms with E-state index >= 15 is 0 Å². The van der Waals surface area contributed by atoms with E-state index in [1.54, 1.807) is 0 Å². The number of aromatic nitrogens is 5. The van der Waals surface area contributed by atoms with Gasteiger partial charge in [0.1, 0.15) is 5.69 Å². The van der Waals surface area contributed by atoms with E-state index in [9.17, 15) is 22.8 Å². The van der Waals surface area contributed by atoms with Gasteiger partial charge in [0, 0.05) is 23.6 Å². The number of carbonyl (C=O) groups is 1. The minimum atomic E-state index is -4.64. The third-order valence-corrected chi connectivity index (χ3v) is 5.85. The molecule has 0 spiro atoms. The van der Waals surface area contributed by atoms with Gasteiger partial charge in [-0.1, -0.05) is 6.92 Å². The van der Waals surface area contributed by atoms with E-state index in [4.69, 9.17) is 0 Å². The number of amides is 1. The second-order valence-corrected chi connectivity index (χ2v) is 8.02. The first kappa shape index (κ1) is 18.8. The molecule has 11 heteroatoms. The number of hydrogen-bond donors (Lipinski definition) is 1. The van der Waals surface area contributed by atoms with Crippen LogP contribution in [-0.2, 0) is 24.6 Å². The number of carbonyl (C=O) groups excluding carboxylic acids is 1. The third kappa shape index (κ3) is 2.96. The van der Waals surface area contributed by atoms with Crippen LogP contribution in [0.1, 0.15) is 52.9 Å². The average Bonchev–Trinajstić information content (AvgIpc) is 3.31. The molecule has 1 aliphatic carbocycles. The molecular weight excluding hydrogens is 401 g/mol. The molecule has 5 rings (SSSR count). The van der Waals surface area contributed by atoms with Crippen molar-refractivity contribution in [2.75, 3.05) is 6.54 Å². The highest BCUT2D eigenvalue weighted by Crippen LogP contribution is 2.47. The minimum absolute atomic E-state index is 0.0109. The van der Waals surface area contributed by atoms with Crippen LogP contribution >= 0.6 is 0 Å².